The summed E-state index contributed by atoms with van der Waals surface area (Å²) < 4.78 is 24.6. The minimum absolute atomic E-state index is 0.0567. The van der Waals surface area contributed by atoms with Gasteiger partial charge < -0.3 is 25.7 Å². The summed E-state index contributed by atoms with van der Waals surface area (Å²) in [6.07, 6.45) is 1.64. The minimum Gasteiger partial charge on any atom is -0.407 e. The van der Waals surface area contributed by atoms with E-state index in [2.05, 4.69) is 41.9 Å². The number of thiazole rings is 1. The number of nitrogens with zero attached hydrogens (tertiary/aromatic N) is 6. The van der Waals surface area contributed by atoms with Gasteiger partial charge in [-0.1, -0.05) is 12.1 Å². The van der Waals surface area contributed by atoms with Crippen LogP contribution in [0.15, 0.2) is 68.6 Å². The largest absolute Gasteiger partial charge is 0.420 e. The summed E-state index contributed by atoms with van der Waals surface area (Å²) in [6.45, 7) is 5.89. The number of nitrogens with one attached hydrogen (secondary N) is 3. The van der Waals surface area contributed by atoms with Crippen LogP contribution in [-0.2, 0) is 29.0 Å². The van der Waals surface area contributed by atoms with E-state index in [0.717, 1.165) is 55.2 Å². The average molecular weight is 819 g/mol. The highest BCUT2D eigenvalue weighted by Crippen LogP contribution is 2.38. The quantitative estimate of drug-likeness (QED) is 0.151. The van der Waals surface area contributed by atoms with Gasteiger partial charge in [0.1, 0.15) is 34.8 Å². The second-order valence-electron chi connectivity index (χ2n) is 14.9. The van der Waals surface area contributed by atoms with E-state index in [1.165, 1.54) is 35.0 Å². The molecule has 1 atom stereocenters. The molecule has 0 spiro atoms. The lowest BCUT2D eigenvalue weighted by Crippen LogP contribution is -2.47. The molecular formula is C41H39FN10O6S. The fraction of sp³-hybridized carbons (Fsp3) is 0.293. The van der Waals surface area contributed by atoms with Crippen LogP contribution in [0.2, 0.25) is 0 Å². The molecular weight excluding hydrogens is 780 g/mol. The number of amides is 4. The topological polar surface area (TPSA) is 203 Å². The molecule has 3 aliphatic heterocycles. The van der Waals surface area contributed by atoms with Crippen LogP contribution < -0.4 is 32.3 Å². The van der Waals surface area contributed by atoms with Crippen molar-refractivity contribution in [3.8, 4) is 11.3 Å². The zero-order chi connectivity index (χ0) is 40.9. The highest BCUT2D eigenvalue weighted by atomic mass is 32.1. The summed E-state index contributed by atoms with van der Waals surface area (Å²) >= 11 is 1.32. The molecule has 0 bridgehead atoms. The maximum absolute atomic E-state index is 16.0. The van der Waals surface area contributed by atoms with Crippen LogP contribution in [-0.4, -0.2) is 80.6 Å². The Hall–Kier alpha value is -6.66. The van der Waals surface area contributed by atoms with Gasteiger partial charge in [0.2, 0.25) is 11.8 Å². The van der Waals surface area contributed by atoms with Crippen molar-refractivity contribution in [3.63, 3.8) is 0 Å². The maximum atomic E-state index is 16.0. The number of primary amides is 1. The highest BCUT2D eigenvalue weighted by Gasteiger charge is 2.32. The molecule has 2 fully saturated rings. The van der Waals surface area contributed by atoms with E-state index >= 15 is 4.39 Å². The molecule has 18 heteroatoms. The van der Waals surface area contributed by atoms with E-state index in [0.29, 0.717) is 42.1 Å². The zero-order valence-electron chi connectivity index (χ0n) is 31.9. The first kappa shape index (κ1) is 37.9. The number of rotatable bonds is 9. The normalized spacial score (nSPS) is 16.9. The van der Waals surface area contributed by atoms with Crippen LogP contribution in [0.1, 0.15) is 56.3 Å². The van der Waals surface area contributed by atoms with E-state index in [-0.39, 0.29) is 46.7 Å². The Morgan fingerprint density at radius 3 is 2.63 bits per heavy atom. The van der Waals surface area contributed by atoms with Gasteiger partial charge in [-0.15, -0.1) is 11.3 Å². The van der Waals surface area contributed by atoms with E-state index in [4.69, 9.17) is 10.2 Å². The molecule has 4 amide bonds. The third-order valence-corrected chi connectivity index (χ3v) is 12.0. The van der Waals surface area contributed by atoms with Crippen molar-refractivity contribution in [1.82, 2.24) is 29.5 Å². The number of benzene rings is 3. The van der Waals surface area contributed by atoms with Crippen molar-refractivity contribution >= 4 is 69.1 Å². The van der Waals surface area contributed by atoms with Gasteiger partial charge in [0.25, 0.3) is 11.8 Å². The number of aromatic nitrogens is 4. The number of aryl methyl sites for hydroxylation is 2. The number of anilines is 4. The van der Waals surface area contributed by atoms with Gasteiger partial charge in [-0.3, -0.25) is 34.0 Å². The van der Waals surface area contributed by atoms with Gasteiger partial charge in [-0.05, 0) is 79.3 Å². The lowest BCUT2D eigenvalue weighted by molar-refractivity contribution is -0.135. The van der Waals surface area contributed by atoms with Crippen LogP contribution in [0.4, 0.5) is 27.4 Å². The predicted octanol–water partition coefficient (Wildman–Crippen LogP) is 4.36. The fourth-order valence-corrected chi connectivity index (χ4v) is 8.73. The number of oxazole rings is 1. The maximum Gasteiger partial charge on any atom is 0.420 e. The smallest absolute Gasteiger partial charge is 0.407 e. The summed E-state index contributed by atoms with van der Waals surface area (Å²) in [5.74, 6) is -2.65. The second-order valence-corrected chi connectivity index (χ2v) is 15.6. The van der Waals surface area contributed by atoms with Crippen LogP contribution >= 0.6 is 11.3 Å². The zero-order valence-corrected chi connectivity index (χ0v) is 32.7. The van der Waals surface area contributed by atoms with Crippen molar-refractivity contribution in [2.75, 3.05) is 48.3 Å². The van der Waals surface area contributed by atoms with Crippen molar-refractivity contribution in [3.05, 3.63) is 104 Å². The Labute approximate surface area is 339 Å². The van der Waals surface area contributed by atoms with Crippen LogP contribution in [0.25, 0.3) is 22.4 Å². The number of piperidine rings is 1. The first-order valence-electron chi connectivity index (χ1n) is 19.3. The molecule has 6 heterocycles. The molecule has 0 aliphatic carbocycles. The summed E-state index contributed by atoms with van der Waals surface area (Å²) in [4.78, 5) is 71.7. The van der Waals surface area contributed by atoms with Gasteiger partial charge >= 0.3 is 5.76 Å². The van der Waals surface area contributed by atoms with Gasteiger partial charge in [0.05, 0.1) is 11.0 Å². The number of halogens is 1. The summed E-state index contributed by atoms with van der Waals surface area (Å²) in [7, 11) is 0. The molecule has 3 aliphatic rings. The van der Waals surface area contributed by atoms with Crippen molar-refractivity contribution in [2.45, 2.75) is 45.2 Å². The predicted molar refractivity (Wildman–Crippen MR) is 219 cm³/mol. The van der Waals surface area contributed by atoms with Gasteiger partial charge in [-0.25, -0.2) is 18.9 Å². The molecule has 16 nitrogen and oxygen atoms in total. The SMILES string of the molecule is Cc1c(C(=O)Nc2cscn2)ccc(-c2nn3c(c2C(N)=O)Nc2ccc(N4CCN(CCc5cccc6c5oc(=O)n6C5CCC(=O)NC5=O)CC4)cc2CC3)c1F. The molecule has 302 valence electrons. The van der Waals surface area contributed by atoms with Gasteiger partial charge in [0.15, 0.2) is 5.58 Å². The van der Waals surface area contributed by atoms with Crippen LogP contribution in [0, 0.1) is 12.7 Å². The van der Waals surface area contributed by atoms with Crippen LogP contribution in [0.5, 0.6) is 0 Å². The average Bonchev–Trinajstić information content (AvgIpc) is 3.92. The molecule has 9 rings (SSSR count). The Morgan fingerprint density at radius 1 is 1.03 bits per heavy atom. The number of piperazine rings is 1. The molecule has 2 saturated heterocycles. The number of nitrogens with two attached hydrogens (primary N) is 1. The molecule has 3 aromatic carbocycles. The fourth-order valence-electron chi connectivity index (χ4n) is 8.25. The number of hydrogen-bond donors (Lipinski definition) is 4. The Balaban J connectivity index is 0.865. The van der Waals surface area contributed by atoms with E-state index in [1.54, 1.807) is 21.6 Å². The van der Waals surface area contributed by atoms with Crippen molar-refractivity contribution in [2.24, 2.45) is 5.73 Å². The Kier molecular flexibility index (Phi) is 9.80. The Morgan fingerprint density at radius 2 is 1.86 bits per heavy atom. The number of para-hydroxylation sites is 1. The van der Waals surface area contributed by atoms with E-state index < -0.39 is 35.3 Å². The molecule has 0 saturated carbocycles. The lowest BCUT2D eigenvalue weighted by Gasteiger charge is -2.36. The summed E-state index contributed by atoms with van der Waals surface area (Å²) in [5, 5.41) is 14.7. The number of fused-ring (bicyclic) bond motifs is 3. The molecule has 0 radical (unpaired) electrons. The molecule has 5 N–H and O–H groups in total. The molecule has 3 aromatic heterocycles. The van der Waals surface area contributed by atoms with Crippen molar-refractivity contribution in [1.29, 1.82) is 0 Å². The number of hydrogen-bond acceptors (Lipinski definition) is 12. The van der Waals surface area contributed by atoms with E-state index in [1.807, 2.05) is 24.3 Å². The molecule has 1 unspecified atom stereocenters. The monoisotopic (exact) mass is 818 g/mol. The first-order valence-corrected chi connectivity index (χ1v) is 20.2. The van der Waals surface area contributed by atoms with Crippen molar-refractivity contribution < 1.29 is 28.0 Å². The number of imide groups is 1. The highest BCUT2D eigenvalue weighted by molar-refractivity contribution is 7.07. The molecule has 6 aromatic rings. The second kappa shape index (κ2) is 15.3. The van der Waals surface area contributed by atoms with Crippen LogP contribution in [0.3, 0.4) is 0 Å². The minimum atomic E-state index is -0.792. The number of carbonyl (C=O) groups is 4. The first-order chi connectivity index (χ1) is 28.5. The van der Waals surface area contributed by atoms with E-state index in [9.17, 15) is 24.0 Å². The lowest BCUT2D eigenvalue weighted by atomic mass is 9.99. The standard InChI is InChI=1S/C41H39FN10O6S/c1-22-26(39(55)46-31-20-59-21-44-31)6-7-27(34(22)42)35-33(37(43)54)38-45-28-8-5-25(19-24(28)12-14-51(38)48-35)50-17-15-49(16-18-50)13-11-23-3-2-4-29-36(23)58-41(57)52(29)30-9-10-32(53)47-40(30)56/h2-8,19-21,30,45H,9-18H2,1H3,(H2,43,54)(H,46,55)(H,47,53,56). The molecule has 59 heavy (non-hydrogen) atoms. The summed E-state index contributed by atoms with van der Waals surface area (Å²) in [6, 6.07) is 13.9. The number of carbonyl (C=O) groups excluding carboxylic acids is 4. The Bertz CT molecular complexity index is 2730. The van der Waals surface area contributed by atoms with Gasteiger partial charge in [-0.2, -0.15) is 5.10 Å². The summed E-state index contributed by atoms with van der Waals surface area (Å²) in [5.41, 5.74) is 12.7. The third kappa shape index (κ3) is 7.03. The third-order valence-electron chi connectivity index (χ3n) is 11.4. The van der Waals surface area contributed by atoms with Gasteiger partial charge in [0, 0.05) is 73.6 Å².